The minimum atomic E-state index is -0.285. The monoisotopic (exact) mass is 254 g/mol. The highest BCUT2D eigenvalue weighted by atomic mass is 19.1. The third-order valence-corrected chi connectivity index (χ3v) is 3.07. The number of nitrogens with one attached hydrogen (secondary N) is 1. The average Bonchev–Trinajstić information content (AvgIpc) is 2.47. The third kappa shape index (κ3) is 3.40. The van der Waals surface area contributed by atoms with E-state index < -0.39 is 0 Å². The Morgan fingerprint density at radius 1 is 1.21 bits per heavy atom. The van der Waals surface area contributed by atoms with E-state index in [0.29, 0.717) is 17.7 Å². The van der Waals surface area contributed by atoms with Crippen LogP contribution in [0, 0.1) is 17.1 Å². The summed E-state index contributed by atoms with van der Waals surface area (Å²) in [6.45, 7) is 2.43. The van der Waals surface area contributed by atoms with E-state index in [9.17, 15) is 4.39 Å². The maximum absolute atomic E-state index is 13.6. The Morgan fingerprint density at radius 3 is 2.63 bits per heavy atom. The average molecular weight is 254 g/mol. The molecule has 19 heavy (non-hydrogen) atoms. The normalized spacial score (nSPS) is 11.8. The summed E-state index contributed by atoms with van der Waals surface area (Å²) in [6.07, 6.45) is 0. The molecule has 0 saturated carbocycles. The van der Waals surface area contributed by atoms with Crippen molar-refractivity contribution in [2.24, 2.45) is 0 Å². The molecule has 2 aromatic carbocycles. The van der Waals surface area contributed by atoms with Crippen LogP contribution in [0.3, 0.4) is 0 Å². The summed E-state index contributed by atoms with van der Waals surface area (Å²) in [5, 5.41) is 12.1. The fraction of sp³-hybridized carbons (Fsp3) is 0.188. The van der Waals surface area contributed by atoms with Crippen molar-refractivity contribution in [1.82, 2.24) is 5.32 Å². The predicted octanol–water partition coefficient (Wildman–Crippen LogP) is 3.55. The second-order valence-electron chi connectivity index (χ2n) is 4.43. The van der Waals surface area contributed by atoms with Crippen LogP contribution in [0.5, 0.6) is 0 Å². The zero-order valence-corrected chi connectivity index (χ0v) is 10.7. The zero-order valence-electron chi connectivity index (χ0n) is 10.7. The van der Waals surface area contributed by atoms with Gasteiger partial charge in [0, 0.05) is 18.2 Å². The van der Waals surface area contributed by atoms with Crippen LogP contribution < -0.4 is 5.32 Å². The summed E-state index contributed by atoms with van der Waals surface area (Å²) in [4.78, 5) is 0. The molecule has 1 N–H and O–H groups in total. The highest BCUT2D eigenvalue weighted by molar-refractivity contribution is 5.33. The fourth-order valence-corrected chi connectivity index (χ4v) is 1.90. The van der Waals surface area contributed by atoms with E-state index in [-0.39, 0.29) is 11.9 Å². The highest BCUT2D eigenvalue weighted by Crippen LogP contribution is 2.14. The quantitative estimate of drug-likeness (QED) is 0.905. The standard InChI is InChI=1S/C16H15FN2/c1-12(14-5-3-2-4-6-14)19-11-15-9-13(10-18)7-8-16(15)17/h2-9,12,19H,11H2,1H3/t12-/m0/s1. The lowest BCUT2D eigenvalue weighted by atomic mass is 10.1. The van der Waals surface area contributed by atoms with Crippen molar-refractivity contribution in [3.8, 4) is 6.07 Å². The molecule has 0 aliphatic carbocycles. The molecular weight excluding hydrogens is 239 g/mol. The van der Waals surface area contributed by atoms with Crippen molar-refractivity contribution in [3.63, 3.8) is 0 Å². The largest absolute Gasteiger partial charge is 0.306 e. The summed E-state index contributed by atoms with van der Waals surface area (Å²) >= 11 is 0. The smallest absolute Gasteiger partial charge is 0.127 e. The molecule has 0 amide bonds. The van der Waals surface area contributed by atoms with E-state index in [1.54, 1.807) is 6.07 Å². The van der Waals surface area contributed by atoms with Gasteiger partial charge in [0.05, 0.1) is 11.6 Å². The molecule has 0 aliphatic rings. The van der Waals surface area contributed by atoms with E-state index in [4.69, 9.17) is 5.26 Å². The molecule has 2 rings (SSSR count). The van der Waals surface area contributed by atoms with Crippen LogP contribution >= 0.6 is 0 Å². The van der Waals surface area contributed by atoms with E-state index in [1.165, 1.54) is 12.1 Å². The molecule has 0 unspecified atom stereocenters. The Hall–Kier alpha value is -2.18. The Kier molecular flexibility index (Phi) is 4.27. The first-order valence-corrected chi connectivity index (χ1v) is 6.17. The van der Waals surface area contributed by atoms with Crippen LogP contribution in [-0.2, 0) is 6.54 Å². The van der Waals surface area contributed by atoms with Crippen LogP contribution in [0.25, 0.3) is 0 Å². The number of hydrogen-bond acceptors (Lipinski definition) is 2. The van der Waals surface area contributed by atoms with Crippen LogP contribution in [0.4, 0.5) is 4.39 Å². The van der Waals surface area contributed by atoms with Gasteiger partial charge in [-0.15, -0.1) is 0 Å². The van der Waals surface area contributed by atoms with E-state index in [2.05, 4.69) is 5.32 Å². The van der Waals surface area contributed by atoms with Gasteiger partial charge in [-0.2, -0.15) is 5.26 Å². The van der Waals surface area contributed by atoms with Gasteiger partial charge in [-0.25, -0.2) is 4.39 Å². The summed E-state index contributed by atoms with van der Waals surface area (Å²) in [5.41, 5.74) is 2.15. The molecule has 2 nitrogen and oxygen atoms in total. The number of hydrogen-bond donors (Lipinski definition) is 1. The lowest BCUT2D eigenvalue weighted by Gasteiger charge is -2.14. The minimum absolute atomic E-state index is 0.131. The van der Waals surface area contributed by atoms with Gasteiger partial charge >= 0.3 is 0 Å². The van der Waals surface area contributed by atoms with Gasteiger partial charge in [0.2, 0.25) is 0 Å². The second kappa shape index (κ2) is 6.12. The van der Waals surface area contributed by atoms with Gasteiger partial charge < -0.3 is 5.32 Å². The maximum atomic E-state index is 13.6. The first-order valence-electron chi connectivity index (χ1n) is 6.17. The Bertz CT molecular complexity index is 587. The van der Waals surface area contributed by atoms with Crippen molar-refractivity contribution < 1.29 is 4.39 Å². The van der Waals surface area contributed by atoms with Crippen molar-refractivity contribution in [2.45, 2.75) is 19.5 Å². The molecule has 0 aliphatic heterocycles. The van der Waals surface area contributed by atoms with Crippen LogP contribution in [-0.4, -0.2) is 0 Å². The predicted molar refractivity (Wildman–Crippen MR) is 72.8 cm³/mol. The molecule has 1 atom stereocenters. The molecule has 0 bridgehead atoms. The summed E-state index contributed by atoms with van der Waals surface area (Å²) < 4.78 is 13.6. The summed E-state index contributed by atoms with van der Waals surface area (Å²) in [6, 6.07) is 16.5. The molecule has 0 aromatic heterocycles. The van der Waals surface area contributed by atoms with Crippen molar-refractivity contribution in [1.29, 1.82) is 5.26 Å². The Morgan fingerprint density at radius 2 is 1.95 bits per heavy atom. The van der Waals surface area contributed by atoms with Crippen LogP contribution in [0.1, 0.15) is 29.7 Å². The minimum Gasteiger partial charge on any atom is -0.306 e. The number of halogens is 1. The number of benzene rings is 2. The van der Waals surface area contributed by atoms with Crippen LogP contribution in [0.2, 0.25) is 0 Å². The molecule has 96 valence electrons. The Labute approximate surface area is 112 Å². The zero-order chi connectivity index (χ0) is 13.7. The molecule has 0 fully saturated rings. The highest BCUT2D eigenvalue weighted by Gasteiger charge is 2.07. The molecule has 0 saturated heterocycles. The van der Waals surface area contributed by atoms with Gasteiger partial charge in [0.1, 0.15) is 5.82 Å². The first kappa shape index (κ1) is 13.3. The Balaban J connectivity index is 2.05. The van der Waals surface area contributed by atoms with E-state index in [1.807, 2.05) is 43.3 Å². The fourth-order valence-electron chi connectivity index (χ4n) is 1.90. The van der Waals surface area contributed by atoms with Gasteiger partial charge in [0.25, 0.3) is 0 Å². The maximum Gasteiger partial charge on any atom is 0.127 e. The summed E-state index contributed by atoms with van der Waals surface area (Å²) in [5.74, 6) is -0.285. The van der Waals surface area contributed by atoms with Crippen LogP contribution in [0.15, 0.2) is 48.5 Å². The van der Waals surface area contributed by atoms with E-state index >= 15 is 0 Å². The number of nitriles is 1. The lowest BCUT2D eigenvalue weighted by Crippen LogP contribution is -2.18. The van der Waals surface area contributed by atoms with Gasteiger partial charge in [-0.05, 0) is 30.7 Å². The van der Waals surface area contributed by atoms with E-state index in [0.717, 1.165) is 5.56 Å². The molecule has 3 heteroatoms. The third-order valence-electron chi connectivity index (χ3n) is 3.07. The second-order valence-corrected chi connectivity index (χ2v) is 4.43. The molecule has 2 aromatic rings. The van der Waals surface area contributed by atoms with Crippen molar-refractivity contribution in [3.05, 3.63) is 71.0 Å². The molecule has 0 heterocycles. The van der Waals surface area contributed by atoms with Crippen molar-refractivity contribution >= 4 is 0 Å². The number of nitrogens with zero attached hydrogens (tertiary/aromatic N) is 1. The number of rotatable bonds is 4. The summed E-state index contributed by atoms with van der Waals surface area (Å²) in [7, 11) is 0. The lowest BCUT2D eigenvalue weighted by molar-refractivity contribution is 0.544. The molecule has 0 spiro atoms. The van der Waals surface area contributed by atoms with Gasteiger partial charge in [0.15, 0.2) is 0 Å². The SMILES string of the molecule is C[C@H](NCc1cc(C#N)ccc1F)c1ccccc1. The van der Waals surface area contributed by atoms with Gasteiger partial charge in [-0.1, -0.05) is 30.3 Å². The first-order chi connectivity index (χ1) is 9.20. The van der Waals surface area contributed by atoms with Crippen molar-refractivity contribution in [2.75, 3.05) is 0 Å². The molecule has 0 radical (unpaired) electrons. The molecular formula is C16H15FN2. The van der Waals surface area contributed by atoms with Gasteiger partial charge in [-0.3, -0.25) is 0 Å². The topological polar surface area (TPSA) is 35.8 Å².